The molecule has 0 unspecified atom stereocenters. The van der Waals surface area contributed by atoms with E-state index in [0.29, 0.717) is 0 Å². The first-order chi connectivity index (χ1) is 10.3. The van der Waals surface area contributed by atoms with Gasteiger partial charge < -0.3 is 30.7 Å². The standard InChI is InChI=1S/C14H24N2O6/c1-7(18)15-11-3-10(20)4-14(13(11)21)12(16-8(2)19)9(5-17)6-22-14/h9-13,17,20-21H,3-6H2,1-2H3,(H,15,18)(H,16,19)/t9-,10+,11-,12-,13+,14-/m0/s1. The third kappa shape index (κ3) is 3.10. The summed E-state index contributed by atoms with van der Waals surface area (Å²) in [6.45, 7) is 2.63. The zero-order valence-corrected chi connectivity index (χ0v) is 12.8. The first-order valence-corrected chi connectivity index (χ1v) is 7.45. The highest BCUT2D eigenvalue weighted by molar-refractivity contribution is 5.74. The van der Waals surface area contributed by atoms with Crippen LogP contribution < -0.4 is 10.6 Å². The molecule has 1 saturated heterocycles. The largest absolute Gasteiger partial charge is 0.396 e. The lowest BCUT2D eigenvalue weighted by Crippen LogP contribution is -2.68. The van der Waals surface area contributed by atoms with Gasteiger partial charge in [0.2, 0.25) is 11.8 Å². The first kappa shape index (κ1) is 17.1. The van der Waals surface area contributed by atoms with Gasteiger partial charge in [-0.1, -0.05) is 0 Å². The second-order valence-corrected chi connectivity index (χ2v) is 6.23. The molecule has 2 amide bonds. The Hall–Kier alpha value is -1.22. The Balaban J connectivity index is 2.31. The summed E-state index contributed by atoms with van der Waals surface area (Å²) in [7, 11) is 0. The highest BCUT2D eigenvalue weighted by atomic mass is 16.5. The highest BCUT2D eigenvalue weighted by Crippen LogP contribution is 2.42. The van der Waals surface area contributed by atoms with Gasteiger partial charge in [-0.3, -0.25) is 9.59 Å². The van der Waals surface area contributed by atoms with Gasteiger partial charge >= 0.3 is 0 Å². The monoisotopic (exact) mass is 316 g/mol. The van der Waals surface area contributed by atoms with Crippen molar-refractivity contribution in [3.05, 3.63) is 0 Å². The van der Waals surface area contributed by atoms with Crippen molar-refractivity contribution in [3.63, 3.8) is 0 Å². The zero-order valence-electron chi connectivity index (χ0n) is 12.8. The average molecular weight is 316 g/mol. The van der Waals surface area contributed by atoms with Gasteiger partial charge in [0.15, 0.2) is 0 Å². The van der Waals surface area contributed by atoms with Crippen molar-refractivity contribution in [1.29, 1.82) is 0 Å². The Morgan fingerprint density at radius 3 is 2.41 bits per heavy atom. The molecule has 2 rings (SSSR count). The maximum Gasteiger partial charge on any atom is 0.217 e. The molecule has 0 bridgehead atoms. The smallest absolute Gasteiger partial charge is 0.217 e. The molecule has 0 aromatic rings. The number of aliphatic hydroxyl groups excluding tert-OH is 3. The molecule has 5 N–H and O–H groups in total. The van der Waals surface area contributed by atoms with Gasteiger partial charge in [0.05, 0.1) is 31.4 Å². The lowest BCUT2D eigenvalue weighted by molar-refractivity contribution is -0.163. The molecule has 0 aromatic carbocycles. The summed E-state index contributed by atoms with van der Waals surface area (Å²) in [5.41, 5.74) is -1.22. The molecule has 8 nitrogen and oxygen atoms in total. The van der Waals surface area contributed by atoms with Crippen molar-refractivity contribution in [3.8, 4) is 0 Å². The minimum absolute atomic E-state index is 0.131. The van der Waals surface area contributed by atoms with E-state index in [1.54, 1.807) is 0 Å². The molecule has 1 saturated carbocycles. The van der Waals surface area contributed by atoms with E-state index in [4.69, 9.17) is 4.74 Å². The van der Waals surface area contributed by atoms with E-state index in [0.717, 1.165) is 0 Å². The molecule has 1 spiro atoms. The lowest BCUT2D eigenvalue weighted by Gasteiger charge is -2.47. The number of ether oxygens (including phenoxy) is 1. The molecule has 1 aliphatic heterocycles. The van der Waals surface area contributed by atoms with E-state index in [1.807, 2.05) is 0 Å². The van der Waals surface area contributed by atoms with Crippen LogP contribution in [0.3, 0.4) is 0 Å². The average Bonchev–Trinajstić information content (AvgIpc) is 2.73. The predicted octanol–water partition coefficient (Wildman–Crippen LogP) is -2.11. The number of hydrogen-bond donors (Lipinski definition) is 5. The fraction of sp³-hybridized carbons (Fsp3) is 0.857. The van der Waals surface area contributed by atoms with Crippen LogP contribution in [0.25, 0.3) is 0 Å². The molecule has 1 heterocycles. The summed E-state index contributed by atoms with van der Waals surface area (Å²) < 4.78 is 5.76. The molecule has 6 atom stereocenters. The highest BCUT2D eigenvalue weighted by Gasteiger charge is 2.59. The molecular weight excluding hydrogens is 292 g/mol. The van der Waals surface area contributed by atoms with Crippen molar-refractivity contribution < 1.29 is 29.6 Å². The number of hydrogen-bond acceptors (Lipinski definition) is 6. The maximum atomic E-state index is 11.5. The maximum absolute atomic E-state index is 11.5. The van der Waals surface area contributed by atoms with Crippen LogP contribution in [0, 0.1) is 5.92 Å². The minimum atomic E-state index is -1.22. The van der Waals surface area contributed by atoms with E-state index >= 15 is 0 Å². The summed E-state index contributed by atoms with van der Waals surface area (Å²) in [5, 5.41) is 35.6. The normalized spacial score (nSPS) is 41.4. The topological polar surface area (TPSA) is 128 Å². The number of nitrogens with one attached hydrogen (secondary N) is 2. The summed E-state index contributed by atoms with van der Waals surface area (Å²) >= 11 is 0. The molecule has 0 radical (unpaired) electrons. The van der Waals surface area contributed by atoms with Crippen LogP contribution in [0.15, 0.2) is 0 Å². The predicted molar refractivity (Wildman–Crippen MR) is 75.7 cm³/mol. The Morgan fingerprint density at radius 2 is 1.86 bits per heavy atom. The van der Waals surface area contributed by atoms with E-state index in [2.05, 4.69) is 10.6 Å². The molecule has 8 heteroatoms. The lowest BCUT2D eigenvalue weighted by atomic mass is 9.71. The molecule has 0 aromatic heterocycles. The summed E-state index contributed by atoms with van der Waals surface area (Å²) in [6, 6.07) is -1.30. The van der Waals surface area contributed by atoms with Crippen molar-refractivity contribution >= 4 is 11.8 Å². The van der Waals surface area contributed by atoms with E-state index in [-0.39, 0.29) is 43.8 Å². The molecule has 1 aliphatic carbocycles. The molecule has 2 fully saturated rings. The van der Waals surface area contributed by atoms with Crippen LogP contribution in [-0.4, -0.2) is 70.2 Å². The van der Waals surface area contributed by atoms with Crippen LogP contribution in [0.2, 0.25) is 0 Å². The van der Waals surface area contributed by atoms with E-state index in [1.165, 1.54) is 13.8 Å². The van der Waals surface area contributed by atoms with E-state index in [9.17, 15) is 24.9 Å². The van der Waals surface area contributed by atoms with Crippen molar-refractivity contribution in [1.82, 2.24) is 10.6 Å². The number of rotatable bonds is 3. The van der Waals surface area contributed by atoms with Gasteiger partial charge in [0.25, 0.3) is 0 Å². The summed E-state index contributed by atoms with van der Waals surface area (Å²) in [4.78, 5) is 22.8. The fourth-order valence-corrected chi connectivity index (χ4v) is 3.65. The van der Waals surface area contributed by atoms with Crippen LogP contribution >= 0.6 is 0 Å². The Morgan fingerprint density at radius 1 is 1.23 bits per heavy atom. The molecule has 2 aliphatic rings. The van der Waals surface area contributed by atoms with Gasteiger partial charge in [0.1, 0.15) is 11.7 Å². The first-order valence-electron chi connectivity index (χ1n) is 7.45. The van der Waals surface area contributed by atoms with Crippen LogP contribution in [0.5, 0.6) is 0 Å². The number of aliphatic hydroxyl groups is 3. The van der Waals surface area contributed by atoms with E-state index < -0.39 is 29.9 Å². The van der Waals surface area contributed by atoms with Crippen molar-refractivity contribution in [2.75, 3.05) is 13.2 Å². The number of carbonyl (C=O) groups excluding carboxylic acids is 2. The molecule has 22 heavy (non-hydrogen) atoms. The zero-order chi connectivity index (χ0) is 16.5. The third-order valence-electron chi connectivity index (χ3n) is 4.51. The SMILES string of the molecule is CC(=O)N[C@H]1C[C@@H](O)C[C@@]2(OC[C@H](CO)[C@@H]2NC(C)=O)[C@@H]1O. The van der Waals surface area contributed by atoms with Gasteiger partial charge in [-0.25, -0.2) is 0 Å². The molecular formula is C14H24N2O6. The third-order valence-corrected chi connectivity index (χ3v) is 4.51. The Kier molecular flexibility index (Phi) is 5.06. The Bertz CT molecular complexity index is 445. The second kappa shape index (κ2) is 6.49. The van der Waals surface area contributed by atoms with Crippen molar-refractivity contribution in [2.24, 2.45) is 5.92 Å². The summed E-state index contributed by atoms with van der Waals surface area (Å²) in [6.07, 6.45) is -1.53. The van der Waals surface area contributed by atoms with Crippen LogP contribution in [-0.2, 0) is 14.3 Å². The molecule has 126 valence electrons. The second-order valence-electron chi connectivity index (χ2n) is 6.23. The quantitative estimate of drug-likeness (QED) is 0.405. The van der Waals surface area contributed by atoms with Gasteiger partial charge in [-0.05, 0) is 6.42 Å². The van der Waals surface area contributed by atoms with Gasteiger partial charge in [-0.15, -0.1) is 0 Å². The van der Waals surface area contributed by atoms with Gasteiger partial charge in [0, 0.05) is 26.2 Å². The Labute approximate surface area is 128 Å². The van der Waals surface area contributed by atoms with Crippen molar-refractivity contribution in [2.45, 2.75) is 56.6 Å². The van der Waals surface area contributed by atoms with Crippen LogP contribution in [0.1, 0.15) is 26.7 Å². The van der Waals surface area contributed by atoms with Gasteiger partial charge in [-0.2, -0.15) is 0 Å². The van der Waals surface area contributed by atoms with Crippen LogP contribution in [0.4, 0.5) is 0 Å². The number of amides is 2. The minimum Gasteiger partial charge on any atom is -0.396 e. The summed E-state index contributed by atoms with van der Waals surface area (Å²) in [5.74, 6) is -1.00. The number of carbonyl (C=O) groups is 2. The fourth-order valence-electron chi connectivity index (χ4n) is 3.65.